The van der Waals surface area contributed by atoms with Crippen molar-refractivity contribution in [2.75, 3.05) is 5.32 Å². The number of hydrogen-bond donors (Lipinski definition) is 2. The van der Waals surface area contributed by atoms with Crippen LogP contribution in [-0.4, -0.2) is 5.11 Å². The molecule has 2 aromatic rings. The molecule has 2 nitrogen and oxygen atoms in total. The van der Waals surface area contributed by atoms with Gasteiger partial charge in [-0.15, -0.1) is 0 Å². The summed E-state index contributed by atoms with van der Waals surface area (Å²) in [5.41, 5.74) is 2.25. The maximum absolute atomic E-state index is 13.0. The monoisotopic (exact) mass is 265 g/mol. The first-order chi connectivity index (χ1) is 8.58. The molecule has 0 heterocycles. The number of benzene rings is 2. The zero-order valence-corrected chi connectivity index (χ0v) is 10.6. The standard InChI is InChI=1S/C14H13ClFNO/c1-9-7-10(16)5-6-13(9)17-8-11-12(15)3-2-4-14(11)18/h2-7,17-18H,8H2,1H3. The minimum atomic E-state index is -0.265. The fourth-order valence-corrected chi connectivity index (χ4v) is 1.97. The summed E-state index contributed by atoms with van der Waals surface area (Å²) in [5, 5.41) is 13.3. The maximum atomic E-state index is 13.0. The van der Waals surface area contributed by atoms with Gasteiger partial charge in [0.15, 0.2) is 0 Å². The Bertz CT molecular complexity index is 551. The van der Waals surface area contributed by atoms with Crippen molar-refractivity contribution in [3.8, 4) is 5.75 Å². The molecule has 0 aliphatic heterocycles. The van der Waals surface area contributed by atoms with E-state index >= 15 is 0 Å². The molecule has 0 atom stereocenters. The SMILES string of the molecule is Cc1cc(F)ccc1NCc1c(O)cccc1Cl. The van der Waals surface area contributed by atoms with Crippen molar-refractivity contribution >= 4 is 17.3 Å². The van der Waals surface area contributed by atoms with E-state index in [1.54, 1.807) is 24.3 Å². The van der Waals surface area contributed by atoms with Crippen LogP contribution < -0.4 is 5.32 Å². The third-order valence-corrected chi connectivity index (χ3v) is 3.09. The second-order valence-corrected chi connectivity index (χ2v) is 4.46. The van der Waals surface area contributed by atoms with Crippen LogP contribution in [0.1, 0.15) is 11.1 Å². The lowest BCUT2D eigenvalue weighted by Crippen LogP contribution is -2.02. The highest BCUT2D eigenvalue weighted by Crippen LogP contribution is 2.26. The topological polar surface area (TPSA) is 32.3 Å². The number of phenolic OH excluding ortho intramolecular Hbond substituents is 1. The Morgan fingerprint density at radius 2 is 2.06 bits per heavy atom. The number of aromatic hydroxyl groups is 1. The number of phenols is 1. The molecule has 18 heavy (non-hydrogen) atoms. The Morgan fingerprint density at radius 3 is 2.72 bits per heavy atom. The molecule has 0 saturated heterocycles. The third kappa shape index (κ3) is 2.74. The maximum Gasteiger partial charge on any atom is 0.123 e. The largest absolute Gasteiger partial charge is 0.508 e. The van der Waals surface area contributed by atoms with Gasteiger partial charge in [0.1, 0.15) is 11.6 Å². The van der Waals surface area contributed by atoms with Gasteiger partial charge in [-0.05, 0) is 42.8 Å². The lowest BCUT2D eigenvalue weighted by atomic mass is 10.1. The van der Waals surface area contributed by atoms with Crippen LogP contribution in [0.25, 0.3) is 0 Å². The first-order valence-corrected chi connectivity index (χ1v) is 5.92. The van der Waals surface area contributed by atoms with Crippen LogP contribution in [0.2, 0.25) is 5.02 Å². The molecule has 0 fully saturated rings. The average Bonchev–Trinajstić information content (AvgIpc) is 2.31. The molecular formula is C14H13ClFNO. The van der Waals surface area contributed by atoms with Gasteiger partial charge in [0, 0.05) is 22.8 Å². The van der Waals surface area contributed by atoms with Crippen LogP contribution in [0.3, 0.4) is 0 Å². The van der Waals surface area contributed by atoms with E-state index in [2.05, 4.69) is 5.32 Å². The Labute approximate surface area is 110 Å². The van der Waals surface area contributed by atoms with Gasteiger partial charge in [-0.3, -0.25) is 0 Å². The molecule has 0 bridgehead atoms. The molecule has 0 radical (unpaired) electrons. The van der Waals surface area contributed by atoms with Gasteiger partial charge >= 0.3 is 0 Å². The third-order valence-electron chi connectivity index (χ3n) is 2.74. The first-order valence-electron chi connectivity index (χ1n) is 5.54. The first kappa shape index (κ1) is 12.7. The highest BCUT2D eigenvalue weighted by Gasteiger charge is 2.06. The molecule has 94 valence electrons. The highest BCUT2D eigenvalue weighted by molar-refractivity contribution is 6.31. The van der Waals surface area contributed by atoms with E-state index in [1.165, 1.54) is 12.1 Å². The number of halogens is 2. The molecule has 0 aromatic heterocycles. The summed E-state index contributed by atoms with van der Waals surface area (Å²) in [5.74, 6) is -0.117. The second-order valence-electron chi connectivity index (χ2n) is 4.05. The van der Waals surface area contributed by atoms with Crippen LogP contribution in [0.4, 0.5) is 10.1 Å². The van der Waals surface area contributed by atoms with Gasteiger partial charge in [0.25, 0.3) is 0 Å². The quantitative estimate of drug-likeness (QED) is 0.875. The summed E-state index contributed by atoms with van der Waals surface area (Å²) in [6.07, 6.45) is 0. The molecule has 0 amide bonds. The van der Waals surface area contributed by atoms with E-state index < -0.39 is 0 Å². The van der Waals surface area contributed by atoms with Crippen LogP contribution >= 0.6 is 11.6 Å². The van der Waals surface area contributed by atoms with E-state index in [0.717, 1.165) is 11.3 Å². The highest BCUT2D eigenvalue weighted by atomic mass is 35.5. The van der Waals surface area contributed by atoms with Crippen LogP contribution in [0, 0.1) is 12.7 Å². The predicted octanol–water partition coefficient (Wildman–Crippen LogP) is 4.11. The number of rotatable bonds is 3. The zero-order valence-electron chi connectivity index (χ0n) is 9.87. The number of nitrogens with one attached hydrogen (secondary N) is 1. The van der Waals surface area contributed by atoms with E-state index in [4.69, 9.17) is 11.6 Å². The average molecular weight is 266 g/mol. The van der Waals surface area contributed by atoms with E-state index in [1.807, 2.05) is 6.92 Å². The van der Waals surface area contributed by atoms with E-state index in [-0.39, 0.29) is 11.6 Å². The summed E-state index contributed by atoms with van der Waals surface area (Å²) in [7, 11) is 0. The molecule has 2 rings (SSSR count). The van der Waals surface area contributed by atoms with Crippen LogP contribution in [0.5, 0.6) is 5.75 Å². The van der Waals surface area contributed by atoms with Crippen molar-refractivity contribution in [2.24, 2.45) is 0 Å². The lowest BCUT2D eigenvalue weighted by molar-refractivity contribution is 0.469. The molecule has 2 N–H and O–H groups in total. The predicted molar refractivity (Wildman–Crippen MR) is 71.6 cm³/mol. The van der Waals surface area contributed by atoms with E-state index in [0.29, 0.717) is 17.1 Å². The fourth-order valence-electron chi connectivity index (χ4n) is 1.73. The molecule has 0 aliphatic carbocycles. The molecule has 2 aromatic carbocycles. The summed E-state index contributed by atoms with van der Waals surface area (Å²) in [4.78, 5) is 0. The normalized spacial score (nSPS) is 10.4. The smallest absolute Gasteiger partial charge is 0.123 e. The van der Waals surface area contributed by atoms with Gasteiger partial charge in [-0.2, -0.15) is 0 Å². The molecule has 0 unspecified atom stereocenters. The van der Waals surface area contributed by atoms with Crippen molar-refractivity contribution in [2.45, 2.75) is 13.5 Å². The van der Waals surface area contributed by atoms with Crippen molar-refractivity contribution in [3.05, 3.63) is 58.4 Å². The summed E-state index contributed by atoms with van der Waals surface area (Å²) < 4.78 is 13.0. The molecule has 0 saturated carbocycles. The van der Waals surface area contributed by atoms with Crippen LogP contribution in [-0.2, 0) is 6.54 Å². The summed E-state index contributed by atoms with van der Waals surface area (Å²) in [6, 6.07) is 9.50. The number of anilines is 1. The minimum absolute atomic E-state index is 0.148. The molecule has 4 heteroatoms. The number of hydrogen-bond acceptors (Lipinski definition) is 2. The van der Waals surface area contributed by atoms with Crippen molar-refractivity contribution in [1.29, 1.82) is 0 Å². The minimum Gasteiger partial charge on any atom is -0.508 e. The Hall–Kier alpha value is -1.74. The molecular weight excluding hydrogens is 253 g/mol. The van der Waals surface area contributed by atoms with E-state index in [9.17, 15) is 9.50 Å². The van der Waals surface area contributed by atoms with Gasteiger partial charge in [0.2, 0.25) is 0 Å². The van der Waals surface area contributed by atoms with Gasteiger partial charge in [-0.1, -0.05) is 17.7 Å². The Morgan fingerprint density at radius 1 is 1.28 bits per heavy atom. The summed E-state index contributed by atoms with van der Waals surface area (Å²) >= 11 is 6.00. The van der Waals surface area contributed by atoms with Crippen LogP contribution in [0.15, 0.2) is 36.4 Å². The summed E-state index contributed by atoms with van der Waals surface area (Å²) in [6.45, 7) is 2.20. The Kier molecular flexibility index (Phi) is 3.72. The van der Waals surface area contributed by atoms with Gasteiger partial charge < -0.3 is 10.4 Å². The molecule has 0 spiro atoms. The number of aryl methyl sites for hydroxylation is 1. The van der Waals surface area contributed by atoms with Crippen molar-refractivity contribution in [3.63, 3.8) is 0 Å². The fraction of sp³-hybridized carbons (Fsp3) is 0.143. The molecule has 0 aliphatic rings. The lowest BCUT2D eigenvalue weighted by Gasteiger charge is -2.11. The van der Waals surface area contributed by atoms with Crippen molar-refractivity contribution in [1.82, 2.24) is 0 Å². The van der Waals surface area contributed by atoms with Gasteiger partial charge in [0.05, 0.1) is 0 Å². The Balaban J connectivity index is 2.16. The second kappa shape index (κ2) is 5.27. The zero-order chi connectivity index (χ0) is 13.1. The van der Waals surface area contributed by atoms with Crippen molar-refractivity contribution < 1.29 is 9.50 Å². The van der Waals surface area contributed by atoms with Gasteiger partial charge in [-0.25, -0.2) is 4.39 Å².